The van der Waals surface area contributed by atoms with E-state index in [1.807, 2.05) is 0 Å². The number of thioether (sulfide) groups is 1. The van der Waals surface area contributed by atoms with Crippen LogP contribution >= 0.6 is 11.8 Å². The Balaban J connectivity index is 1.71. The van der Waals surface area contributed by atoms with E-state index in [4.69, 9.17) is 0 Å². The Morgan fingerprint density at radius 2 is 1.92 bits per heavy atom. The number of amidine groups is 1. The summed E-state index contributed by atoms with van der Waals surface area (Å²) in [7, 11) is 0. The molecule has 0 saturated carbocycles. The molecule has 1 fully saturated rings. The number of nitro benzene ring substituents is 1. The van der Waals surface area contributed by atoms with E-state index in [1.54, 1.807) is 30.3 Å². The summed E-state index contributed by atoms with van der Waals surface area (Å²) in [6.07, 6.45) is 3.04. The summed E-state index contributed by atoms with van der Waals surface area (Å²) in [5.74, 6) is -0.152. The lowest BCUT2D eigenvalue weighted by molar-refractivity contribution is -0.384. The summed E-state index contributed by atoms with van der Waals surface area (Å²) in [5.41, 5.74) is 1.25. The molecule has 0 aromatic heterocycles. The zero-order valence-electron chi connectivity index (χ0n) is 13.2. The minimum absolute atomic E-state index is 0.0377. The number of hydrogen-bond acceptors (Lipinski definition) is 7. The second-order valence-corrected chi connectivity index (χ2v) is 6.19. The number of non-ortho nitro benzene ring substituents is 1. The third kappa shape index (κ3) is 4.33. The maximum absolute atomic E-state index is 12.0. The minimum Gasteiger partial charge on any atom is -0.508 e. The van der Waals surface area contributed by atoms with Gasteiger partial charge in [0.15, 0.2) is 5.17 Å². The van der Waals surface area contributed by atoms with Gasteiger partial charge in [0, 0.05) is 17.7 Å². The van der Waals surface area contributed by atoms with Gasteiger partial charge in [-0.1, -0.05) is 24.3 Å². The first-order chi connectivity index (χ1) is 12.5. The molecule has 26 heavy (non-hydrogen) atoms. The number of nitrogens with zero attached hydrogens (tertiary/aromatic N) is 3. The number of amides is 1. The van der Waals surface area contributed by atoms with Crippen LogP contribution in [-0.4, -0.2) is 27.3 Å². The number of aromatic hydroxyl groups is 1. The number of phenolic OH excluding ortho intramolecular Hbond substituents is 1. The second kappa shape index (κ2) is 7.62. The molecular weight excluding hydrogens is 356 g/mol. The highest BCUT2D eigenvalue weighted by molar-refractivity contribution is 8.18. The molecule has 0 bridgehead atoms. The number of carbonyl (C=O) groups is 1. The molecule has 1 heterocycles. The van der Waals surface area contributed by atoms with Crippen LogP contribution in [0.2, 0.25) is 0 Å². The Morgan fingerprint density at radius 3 is 2.65 bits per heavy atom. The minimum atomic E-state index is -0.489. The van der Waals surface area contributed by atoms with Crippen molar-refractivity contribution in [3.63, 3.8) is 0 Å². The van der Waals surface area contributed by atoms with Gasteiger partial charge in [0.2, 0.25) is 0 Å². The Bertz CT molecular complexity index is 951. The van der Waals surface area contributed by atoms with Gasteiger partial charge >= 0.3 is 0 Å². The molecule has 1 aliphatic heterocycles. The van der Waals surface area contributed by atoms with Gasteiger partial charge < -0.3 is 5.11 Å². The molecule has 3 rings (SSSR count). The molecule has 2 aromatic carbocycles. The fraction of sp³-hybridized carbons (Fsp3) is 0. The first-order valence-corrected chi connectivity index (χ1v) is 8.18. The van der Waals surface area contributed by atoms with E-state index in [1.165, 1.54) is 30.5 Å². The van der Waals surface area contributed by atoms with E-state index < -0.39 is 4.92 Å². The zero-order chi connectivity index (χ0) is 18.5. The molecule has 130 valence electrons. The summed E-state index contributed by atoms with van der Waals surface area (Å²) in [4.78, 5) is 22.6. The maximum Gasteiger partial charge on any atom is 0.270 e. The Hall–Kier alpha value is -3.46. The van der Waals surface area contributed by atoms with Crippen molar-refractivity contribution in [3.05, 3.63) is 74.7 Å². The lowest BCUT2D eigenvalue weighted by Crippen LogP contribution is -2.19. The molecule has 2 aromatic rings. The highest BCUT2D eigenvalue weighted by Crippen LogP contribution is 2.26. The van der Waals surface area contributed by atoms with Crippen LogP contribution in [0.4, 0.5) is 5.69 Å². The molecule has 0 unspecified atom stereocenters. The lowest BCUT2D eigenvalue weighted by atomic mass is 10.2. The van der Waals surface area contributed by atoms with Crippen molar-refractivity contribution in [2.45, 2.75) is 0 Å². The van der Waals surface area contributed by atoms with E-state index in [9.17, 15) is 20.0 Å². The topological polar surface area (TPSA) is 117 Å². The first kappa shape index (κ1) is 17.4. The number of phenols is 1. The first-order valence-electron chi connectivity index (χ1n) is 7.37. The van der Waals surface area contributed by atoms with Crippen LogP contribution < -0.4 is 5.32 Å². The summed E-state index contributed by atoms with van der Waals surface area (Å²) in [6, 6.07) is 12.4. The van der Waals surface area contributed by atoms with E-state index in [0.29, 0.717) is 15.6 Å². The quantitative estimate of drug-likeness (QED) is 0.372. The van der Waals surface area contributed by atoms with Gasteiger partial charge in [-0.3, -0.25) is 20.2 Å². The van der Waals surface area contributed by atoms with E-state index in [-0.39, 0.29) is 17.3 Å². The molecular formula is C17H12N4O4S. The van der Waals surface area contributed by atoms with Crippen LogP contribution in [0.5, 0.6) is 5.75 Å². The zero-order valence-corrected chi connectivity index (χ0v) is 14.0. The van der Waals surface area contributed by atoms with Gasteiger partial charge in [0.1, 0.15) is 5.75 Å². The number of benzene rings is 2. The van der Waals surface area contributed by atoms with Crippen molar-refractivity contribution in [3.8, 4) is 5.75 Å². The summed E-state index contributed by atoms with van der Waals surface area (Å²) in [6.45, 7) is 0. The fourth-order valence-electron chi connectivity index (χ4n) is 2.06. The summed E-state index contributed by atoms with van der Waals surface area (Å²) in [5, 5.41) is 30.7. The van der Waals surface area contributed by atoms with Gasteiger partial charge in [-0.05, 0) is 35.5 Å². The molecule has 1 amide bonds. The molecule has 0 radical (unpaired) electrons. The number of carbonyl (C=O) groups excluding carboxylic acids is 1. The Kier molecular flexibility index (Phi) is 5.09. The summed E-state index contributed by atoms with van der Waals surface area (Å²) < 4.78 is 0. The highest BCUT2D eigenvalue weighted by atomic mass is 32.2. The van der Waals surface area contributed by atoms with Crippen LogP contribution in [0.1, 0.15) is 11.1 Å². The van der Waals surface area contributed by atoms with E-state index >= 15 is 0 Å². The average Bonchev–Trinajstić information content (AvgIpc) is 2.97. The predicted octanol–water partition coefficient (Wildman–Crippen LogP) is 2.89. The Labute approximate surface area is 152 Å². The summed E-state index contributed by atoms with van der Waals surface area (Å²) >= 11 is 1.13. The molecule has 0 aliphatic carbocycles. The maximum atomic E-state index is 12.0. The molecule has 2 N–H and O–H groups in total. The number of rotatable bonds is 4. The smallest absolute Gasteiger partial charge is 0.270 e. The third-order valence-corrected chi connectivity index (χ3v) is 4.18. The van der Waals surface area contributed by atoms with Crippen molar-refractivity contribution in [2.24, 2.45) is 10.2 Å². The van der Waals surface area contributed by atoms with Crippen molar-refractivity contribution in [1.82, 2.24) is 5.32 Å². The molecule has 0 atom stereocenters. The van der Waals surface area contributed by atoms with Gasteiger partial charge in [0.25, 0.3) is 11.6 Å². The van der Waals surface area contributed by atoms with Crippen molar-refractivity contribution in [1.29, 1.82) is 0 Å². The van der Waals surface area contributed by atoms with Crippen LogP contribution in [-0.2, 0) is 4.79 Å². The van der Waals surface area contributed by atoms with Gasteiger partial charge in [-0.2, -0.15) is 5.10 Å². The van der Waals surface area contributed by atoms with Crippen molar-refractivity contribution < 1.29 is 14.8 Å². The van der Waals surface area contributed by atoms with Crippen molar-refractivity contribution >= 4 is 40.8 Å². The van der Waals surface area contributed by atoms with E-state index in [2.05, 4.69) is 15.5 Å². The van der Waals surface area contributed by atoms with Gasteiger partial charge in [-0.25, -0.2) is 0 Å². The lowest BCUT2D eigenvalue weighted by Gasteiger charge is -1.95. The standard InChI is InChI=1S/C17H12N4O4S/c22-14-6-4-11(5-7-14)9-15-16(23)19-17(26-15)20-18-10-12-2-1-3-13(8-12)21(24)25/h1-10,22H,(H,19,20,23)/b15-9-,18-10?. The van der Waals surface area contributed by atoms with Crippen LogP contribution in [0, 0.1) is 10.1 Å². The van der Waals surface area contributed by atoms with Gasteiger partial charge in [-0.15, -0.1) is 5.10 Å². The predicted molar refractivity (Wildman–Crippen MR) is 99.9 cm³/mol. The molecule has 9 heteroatoms. The molecule has 1 saturated heterocycles. The van der Waals surface area contributed by atoms with Crippen molar-refractivity contribution in [2.75, 3.05) is 0 Å². The molecule has 1 aliphatic rings. The normalized spacial score (nSPS) is 17.2. The molecule has 8 nitrogen and oxygen atoms in total. The Morgan fingerprint density at radius 1 is 1.15 bits per heavy atom. The third-order valence-electron chi connectivity index (χ3n) is 3.28. The van der Waals surface area contributed by atoms with Gasteiger partial charge in [0.05, 0.1) is 16.0 Å². The average molecular weight is 368 g/mol. The van der Waals surface area contributed by atoms with E-state index in [0.717, 1.165) is 17.3 Å². The highest BCUT2D eigenvalue weighted by Gasteiger charge is 2.23. The van der Waals surface area contributed by atoms with Crippen LogP contribution in [0.15, 0.2) is 63.6 Å². The van der Waals surface area contributed by atoms with Crippen LogP contribution in [0.3, 0.4) is 0 Å². The number of hydrogen-bond donors (Lipinski definition) is 2. The SMILES string of the molecule is O=C1NC(=NN=Cc2cccc([N+](=O)[O-])c2)S/C1=C\c1ccc(O)cc1. The largest absolute Gasteiger partial charge is 0.508 e. The number of nitro groups is 1. The fourth-order valence-corrected chi connectivity index (χ4v) is 2.84. The number of nitrogens with one attached hydrogen (secondary N) is 1. The second-order valence-electron chi connectivity index (χ2n) is 5.16. The monoisotopic (exact) mass is 368 g/mol. The van der Waals surface area contributed by atoms with Crippen LogP contribution in [0.25, 0.3) is 6.08 Å². The molecule has 0 spiro atoms.